The number of hydrogen-bond acceptors (Lipinski definition) is 6. The fourth-order valence-electron chi connectivity index (χ4n) is 1.37. The molecule has 0 saturated heterocycles. The van der Waals surface area contributed by atoms with Gasteiger partial charge in [-0.3, -0.25) is 0 Å². The van der Waals surface area contributed by atoms with E-state index in [0.717, 1.165) is 11.6 Å². The second-order valence-corrected chi connectivity index (χ2v) is 5.75. The van der Waals surface area contributed by atoms with Gasteiger partial charge in [-0.1, -0.05) is 32.4 Å². The van der Waals surface area contributed by atoms with Crippen molar-refractivity contribution in [3.8, 4) is 10.9 Å². The zero-order chi connectivity index (χ0) is 14.4. The van der Waals surface area contributed by atoms with E-state index in [1.54, 1.807) is 13.2 Å². The average molecular weight is 362 g/mol. The molecule has 20 heavy (non-hydrogen) atoms. The van der Waals surface area contributed by atoms with E-state index in [1.165, 1.54) is 23.5 Å². The average Bonchev–Trinajstić information content (AvgIpc) is 2.86. The first-order valence-electron chi connectivity index (χ1n) is 5.84. The molecule has 0 aliphatic heterocycles. The summed E-state index contributed by atoms with van der Waals surface area (Å²) in [6, 6.07) is 4.58. The Morgan fingerprint density at radius 2 is 2.25 bits per heavy atom. The number of halogens is 2. The van der Waals surface area contributed by atoms with Crippen LogP contribution in [0.25, 0.3) is 0 Å². The van der Waals surface area contributed by atoms with Gasteiger partial charge in [-0.25, -0.2) is 4.39 Å². The van der Waals surface area contributed by atoms with Gasteiger partial charge < -0.3 is 14.8 Å². The number of rotatable bonds is 7. The summed E-state index contributed by atoms with van der Waals surface area (Å²) < 4.78 is 24.6. The molecule has 0 amide bonds. The molecule has 0 unspecified atom stereocenters. The Hall–Kier alpha value is -1.09. The van der Waals surface area contributed by atoms with Crippen LogP contribution in [0.15, 0.2) is 22.7 Å². The van der Waals surface area contributed by atoms with Crippen LogP contribution >= 0.6 is 27.3 Å². The molecule has 5 nitrogen and oxygen atoms in total. The normalized spacial score (nSPS) is 10.8. The van der Waals surface area contributed by atoms with Crippen LogP contribution < -0.4 is 10.1 Å². The van der Waals surface area contributed by atoms with E-state index in [4.69, 9.17) is 9.47 Å². The number of ether oxygens (including phenoxy) is 2. The number of aromatic nitrogens is 2. The van der Waals surface area contributed by atoms with Crippen LogP contribution in [0.1, 0.15) is 5.01 Å². The summed E-state index contributed by atoms with van der Waals surface area (Å²) in [5.74, 6) is -0.322. The Morgan fingerprint density at radius 3 is 3.00 bits per heavy atom. The highest BCUT2D eigenvalue weighted by Gasteiger charge is 2.09. The second kappa shape index (κ2) is 7.63. The minimum absolute atomic E-state index is 0.128. The van der Waals surface area contributed by atoms with Crippen LogP contribution in [0.2, 0.25) is 0 Å². The molecule has 0 aliphatic rings. The van der Waals surface area contributed by atoms with Crippen LogP contribution in [0.5, 0.6) is 10.9 Å². The quantitative estimate of drug-likeness (QED) is 0.768. The summed E-state index contributed by atoms with van der Waals surface area (Å²) in [7, 11) is 1.64. The van der Waals surface area contributed by atoms with Crippen molar-refractivity contribution in [1.82, 2.24) is 15.5 Å². The Balaban J connectivity index is 1.92. The topological polar surface area (TPSA) is 56.3 Å². The molecule has 0 fully saturated rings. The molecule has 1 N–H and O–H groups in total. The zero-order valence-corrected chi connectivity index (χ0v) is 13.1. The Labute approximate surface area is 128 Å². The van der Waals surface area contributed by atoms with Gasteiger partial charge in [0.15, 0.2) is 11.6 Å². The maximum absolute atomic E-state index is 13.6. The fraction of sp³-hybridized carbons (Fsp3) is 0.333. The molecule has 0 atom stereocenters. The van der Waals surface area contributed by atoms with Crippen molar-refractivity contribution in [2.45, 2.75) is 6.54 Å². The smallest absolute Gasteiger partial charge is 0.299 e. The summed E-state index contributed by atoms with van der Waals surface area (Å²) in [6.45, 7) is 1.94. The molecule has 1 heterocycles. The summed E-state index contributed by atoms with van der Waals surface area (Å²) >= 11 is 4.46. The molecule has 2 aromatic rings. The van der Waals surface area contributed by atoms with Crippen LogP contribution in [-0.4, -0.2) is 30.5 Å². The van der Waals surface area contributed by atoms with Gasteiger partial charge in [0.05, 0.1) is 6.61 Å². The van der Waals surface area contributed by atoms with Crippen LogP contribution in [-0.2, 0) is 11.3 Å². The highest BCUT2D eigenvalue weighted by atomic mass is 79.9. The summed E-state index contributed by atoms with van der Waals surface area (Å²) in [6.07, 6.45) is 0. The lowest BCUT2D eigenvalue weighted by molar-refractivity contribution is 0.199. The number of methoxy groups -OCH3 is 1. The van der Waals surface area contributed by atoms with E-state index in [-0.39, 0.29) is 5.75 Å². The Bertz CT molecular complexity index is 567. The first-order chi connectivity index (χ1) is 9.69. The van der Waals surface area contributed by atoms with E-state index in [1.807, 2.05) is 0 Å². The molecular weight excluding hydrogens is 349 g/mol. The monoisotopic (exact) mass is 361 g/mol. The lowest BCUT2D eigenvalue weighted by Crippen LogP contribution is -2.18. The molecule has 0 spiro atoms. The maximum Gasteiger partial charge on any atom is 0.299 e. The molecule has 0 aliphatic carbocycles. The predicted octanol–water partition coefficient (Wildman–Crippen LogP) is 2.97. The highest BCUT2D eigenvalue weighted by molar-refractivity contribution is 9.10. The number of nitrogens with one attached hydrogen (secondary N) is 1. The van der Waals surface area contributed by atoms with Gasteiger partial charge >= 0.3 is 0 Å². The summed E-state index contributed by atoms with van der Waals surface area (Å²) in [5.41, 5.74) is 0. The molecule has 8 heteroatoms. The number of hydrogen-bond donors (Lipinski definition) is 1. The molecule has 1 aromatic carbocycles. The van der Waals surface area contributed by atoms with Crippen LogP contribution in [0, 0.1) is 5.82 Å². The van der Waals surface area contributed by atoms with Gasteiger partial charge in [0, 0.05) is 24.7 Å². The summed E-state index contributed by atoms with van der Waals surface area (Å²) in [4.78, 5) is 0. The van der Waals surface area contributed by atoms with Crippen molar-refractivity contribution >= 4 is 27.3 Å². The van der Waals surface area contributed by atoms with E-state index in [2.05, 4.69) is 31.4 Å². The minimum atomic E-state index is -0.450. The zero-order valence-electron chi connectivity index (χ0n) is 10.7. The van der Waals surface area contributed by atoms with Gasteiger partial charge in [-0.15, -0.1) is 5.10 Å². The molecule has 0 saturated carbocycles. The maximum atomic E-state index is 13.6. The summed E-state index contributed by atoms with van der Waals surface area (Å²) in [5, 5.41) is 12.1. The van der Waals surface area contributed by atoms with Gasteiger partial charge in [0.2, 0.25) is 0 Å². The lowest BCUT2D eigenvalue weighted by Gasteiger charge is -2.02. The van der Waals surface area contributed by atoms with Crippen LogP contribution in [0.3, 0.4) is 0 Å². The molecule has 0 bridgehead atoms. The van der Waals surface area contributed by atoms with Crippen molar-refractivity contribution in [2.24, 2.45) is 0 Å². The predicted molar refractivity (Wildman–Crippen MR) is 77.7 cm³/mol. The molecule has 1 aromatic heterocycles. The van der Waals surface area contributed by atoms with Crippen molar-refractivity contribution in [2.75, 3.05) is 20.3 Å². The molecule has 2 rings (SSSR count). The standard InChI is InChI=1S/C12H13BrFN3O2S/c1-18-5-4-15-7-11-16-17-12(20-11)19-10-3-2-8(13)6-9(10)14/h2-3,6,15H,4-5,7H2,1H3. The molecule has 108 valence electrons. The van der Waals surface area contributed by atoms with Gasteiger partial charge in [-0.05, 0) is 18.2 Å². The first kappa shape index (κ1) is 15.3. The van der Waals surface area contributed by atoms with Crippen LogP contribution in [0.4, 0.5) is 4.39 Å². The third-order valence-electron chi connectivity index (χ3n) is 2.30. The lowest BCUT2D eigenvalue weighted by atomic mass is 10.3. The van der Waals surface area contributed by atoms with E-state index in [9.17, 15) is 4.39 Å². The van der Waals surface area contributed by atoms with Crippen molar-refractivity contribution in [3.05, 3.63) is 33.5 Å². The second-order valence-electron chi connectivity index (χ2n) is 3.81. The number of nitrogens with zero attached hydrogens (tertiary/aromatic N) is 2. The number of benzene rings is 1. The van der Waals surface area contributed by atoms with Gasteiger partial charge in [-0.2, -0.15) is 0 Å². The van der Waals surface area contributed by atoms with E-state index in [0.29, 0.717) is 22.8 Å². The van der Waals surface area contributed by atoms with E-state index < -0.39 is 5.82 Å². The third kappa shape index (κ3) is 4.48. The van der Waals surface area contributed by atoms with Crippen molar-refractivity contribution in [3.63, 3.8) is 0 Å². The van der Waals surface area contributed by atoms with Gasteiger partial charge in [0.1, 0.15) is 5.01 Å². The Morgan fingerprint density at radius 1 is 1.40 bits per heavy atom. The highest BCUT2D eigenvalue weighted by Crippen LogP contribution is 2.28. The Kier molecular flexibility index (Phi) is 5.84. The van der Waals surface area contributed by atoms with Gasteiger partial charge in [0.25, 0.3) is 5.19 Å². The van der Waals surface area contributed by atoms with Crippen molar-refractivity contribution < 1.29 is 13.9 Å². The molecular formula is C12H13BrFN3O2S. The largest absolute Gasteiger partial charge is 0.427 e. The first-order valence-corrected chi connectivity index (χ1v) is 7.45. The third-order valence-corrected chi connectivity index (χ3v) is 3.59. The minimum Gasteiger partial charge on any atom is -0.427 e. The van der Waals surface area contributed by atoms with Crippen molar-refractivity contribution in [1.29, 1.82) is 0 Å². The van der Waals surface area contributed by atoms with E-state index >= 15 is 0 Å². The molecule has 0 radical (unpaired) electrons. The fourth-order valence-corrected chi connectivity index (χ4v) is 2.38. The SMILES string of the molecule is COCCNCc1nnc(Oc2ccc(Br)cc2F)s1.